The molecule has 8 heteroatoms. The molecule has 28 heavy (non-hydrogen) atoms. The van der Waals surface area contributed by atoms with Crippen LogP contribution in [-0.4, -0.2) is 78.5 Å². The molecule has 2 aromatic rings. The molecule has 0 saturated carbocycles. The average molecular weight is 393 g/mol. The first-order valence-corrected chi connectivity index (χ1v) is 9.76. The lowest BCUT2D eigenvalue weighted by Crippen LogP contribution is -2.45. The Morgan fingerprint density at radius 2 is 2.21 bits per heavy atom. The number of carbonyl (C=O) groups excluding carboxylic acids is 1. The quantitative estimate of drug-likeness (QED) is 0.739. The van der Waals surface area contributed by atoms with Crippen molar-refractivity contribution in [3.8, 4) is 0 Å². The molecule has 1 aromatic heterocycles. The lowest BCUT2D eigenvalue weighted by Gasteiger charge is -2.33. The van der Waals surface area contributed by atoms with Crippen LogP contribution >= 0.6 is 0 Å². The van der Waals surface area contributed by atoms with Crippen molar-refractivity contribution in [2.24, 2.45) is 0 Å². The lowest BCUT2D eigenvalue weighted by atomic mass is 9.91. The van der Waals surface area contributed by atoms with Crippen molar-refractivity contribution in [3.05, 3.63) is 29.7 Å². The highest BCUT2D eigenvalue weighted by molar-refractivity contribution is 5.81. The van der Waals surface area contributed by atoms with Crippen molar-refractivity contribution >= 4 is 16.9 Å². The van der Waals surface area contributed by atoms with Gasteiger partial charge in [-0.1, -0.05) is 5.16 Å². The first kappa shape index (κ1) is 20.7. The Labute approximate surface area is 164 Å². The zero-order valence-electron chi connectivity index (χ0n) is 16.4. The molecule has 1 aliphatic heterocycles. The van der Waals surface area contributed by atoms with Gasteiger partial charge in [-0.3, -0.25) is 4.79 Å². The summed E-state index contributed by atoms with van der Waals surface area (Å²) in [6, 6.07) is 4.54. The van der Waals surface area contributed by atoms with Crippen molar-refractivity contribution in [2.75, 3.05) is 46.4 Å². The first-order chi connectivity index (χ1) is 13.5. The molecule has 3 rings (SSSR count). The number of hydrogen-bond donors (Lipinski definition) is 1. The van der Waals surface area contributed by atoms with Gasteiger partial charge in [-0.2, -0.15) is 0 Å². The van der Waals surface area contributed by atoms with E-state index in [1.807, 2.05) is 6.92 Å². The van der Waals surface area contributed by atoms with E-state index in [1.165, 1.54) is 19.2 Å². The zero-order chi connectivity index (χ0) is 20.1. The predicted octanol–water partition coefficient (Wildman–Crippen LogP) is 2.00. The minimum absolute atomic E-state index is 0.0102. The topological polar surface area (TPSA) is 79.0 Å². The molecule has 2 heterocycles. The van der Waals surface area contributed by atoms with Gasteiger partial charge in [0.05, 0.1) is 12.3 Å². The molecule has 0 spiro atoms. The number of methoxy groups -OCH3 is 1. The SMILES string of the molecule is CCN(CCN1CCC(c2noc3cc(F)ccc23)CC1)C(=O)C(O)COC. The molecular formula is C20H28FN3O4. The zero-order valence-corrected chi connectivity index (χ0v) is 16.4. The van der Waals surface area contributed by atoms with Crippen molar-refractivity contribution in [2.45, 2.75) is 31.8 Å². The van der Waals surface area contributed by atoms with Gasteiger partial charge in [0.1, 0.15) is 5.82 Å². The van der Waals surface area contributed by atoms with Crippen LogP contribution in [0.3, 0.4) is 0 Å². The maximum Gasteiger partial charge on any atom is 0.253 e. The highest BCUT2D eigenvalue weighted by atomic mass is 19.1. The molecule has 0 radical (unpaired) electrons. The van der Waals surface area contributed by atoms with Crippen molar-refractivity contribution in [1.29, 1.82) is 0 Å². The summed E-state index contributed by atoms with van der Waals surface area (Å²) in [5.74, 6) is -0.327. The number of amides is 1. The van der Waals surface area contributed by atoms with Crippen LogP contribution in [0.25, 0.3) is 11.0 Å². The molecule has 1 N–H and O–H groups in total. The van der Waals surface area contributed by atoms with Crippen LogP contribution in [0.4, 0.5) is 4.39 Å². The number of ether oxygens (including phenoxy) is 1. The number of rotatable bonds is 8. The average Bonchev–Trinajstić information content (AvgIpc) is 3.12. The Kier molecular flexibility index (Phi) is 6.98. The smallest absolute Gasteiger partial charge is 0.253 e. The highest BCUT2D eigenvalue weighted by Crippen LogP contribution is 2.32. The number of aliphatic hydroxyl groups is 1. The van der Waals surface area contributed by atoms with Crippen LogP contribution in [-0.2, 0) is 9.53 Å². The molecule has 0 aliphatic carbocycles. The number of piperidine rings is 1. The first-order valence-electron chi connectivity index (χ1n) is 9.76. The molecule has 1 saturated heterocycles. The van der Waals surface area contributed by atoms with Crippen LogP contribution in [0.5, 0.6) is 0 Å². The normalized spacial score (nSPS) is 17.1. The van der Waals surface area contributed by atoms with Crippen LogP contribution in [0.1, 0.15) is 31.4 Å². The summed E-state index contributed by atoms with van der Waals surface area (Å²) in [5, 5.41) is 14.9. The van der Waals surface area contributed by atoms with Crippen LogP contribution in [0.15, 0.2) is 22.7 Å². The van der Waals surface area contributed by atoms with E-state index in [0.717, 1.165) is 43.6 Å². The monoisotopic (exact) mass is 393 g/mol. The summed E-state index contributed by atoms with van der Waals surface area (Å²) in [7, 11) is 1.46. The fourth-order valence-corrected chi connectivity index (χ4v) is 3.78. The van der Waals surface area contributed by atoms with Gasteiger partial charge >= 0.3 is 0 Å². The molecule has 154 valence electrons. The van der Waals surface area contributed by atoms with Crippen LogP contribution < -0.4 is 0 Å². The van der Waals surface area contributed by atoms with E-state index in [2.05, 4.69) is 10.1 Å². The maximum atomic E-state index is 13.3. The molecule has 1 aliphatic rings. The van der Waals surface area contributed by atoms with Gasteiger partial charge in [0.25, 0.3) is 5.91 Å². The molecule has 0 bridgehead atoms. The van der Waals surface area contributed by atoms with E-state index < -0.39 is 6.10 Å². The molecule has 1 atom stereocenters. The van der Waals surface area contributed by atoms with Crippen LogP contribution in [0, 0.1) is 5.82 Å². The van der Waals surface area contributed by atoms with Gasteiger partial charge in [0.15, 0.2) is 11.7 Å². The number of likely N-dealkylation sites (tertiary alicyclic amines) is 1. The number of aromatic nitrogens is 1. The predicted molar refractivity (Wildman–Crippen MR) is 103 cm³/mol. The van der Waals surface area contributed by atoms with E-state index in [4.69, 9.17) is 9.26 Å². The summed E-state index contributed by atoms with van der Waals surface area (Å²) in [6.45, 7) is 5.60. The summed E-state index contributed by atoms with van der Waals surface area (Å²) >= 11 is 0. The third-order valence-electron chi connectivity index (χ3n) is 5.43. The fourth-order valence-electron chi connectivity index (χ4n) is 3.78. The number of aliphatic hydroxyl groups excluding tert-OH is 1. The highest BCUT2D eigenvalue weighted by Gasteiger charge is 2.26. The Bertz CT molecular complexity index is 789. The minimum Gasteiger partial charge on any atom is -0.381 e. The third-order valence-corrected chi connectivity index (χ3v) is 5.43. The number of benzene rings is 1. The number of fused-ring (bicyclic) bond motifs is 1. The van der Waals surface area contributed by atoms with Gasteiger partial charge in [0.2, 0.25) is 0 Å². The second-order valence-corrected chi connectivity index (χ2v) is 7.21. The van der Waals surface area contributed by atoms with Crippen molar-refractivity contribution in [3.63, 3.8) is 0 Å². The maximum absolute atomic E-state index is 13.3. The molecule has 1 fully saturated rings. The second kappa shape index (κ2) is 9.45. The van der Waals surface area contributed by atoms with E-state index >= 15 is 0 Å². The second-order valence-electron chi connectivity index (χ2n) is 7.21. The summed E-state index contributed by atoms with van der Waals surface area (Å²) in [5.41, 5.74) is 1.40. The number of likely N-dealkylation sites (N-methyl/N-ethyl adjacent to an activating group) is 1. The van der Waals surface area contributed by atoms with Crippen molar-refractivity contribution < 1.29 is 23.6 Å². The van der Waals surface area contributed by atoms with Gasteiger partial charge in [-0.25, -0.2) is 4.39 Å². The van der Waals surface area contributed by atoms with E-state index in [9.17, 15) is 14.3 Å². The number of carbonyl (C=O) groups is 1. The Balaban J connectivity index is 1.51. The Morgan fingerprint density at radius 3 is 2.89 bits per heavy atom. The number of nitrogens with zero attached hydrogens (tertiary/aromatic N) is 3. The Morgan fingerprint density at radius 1 is 1.46 bits per heavy atom. The lowest BCUT2D eigenvalue weighted by molar-refractivity contribution is -0.142. The van der Waals surface area contributed by atoms with E-state index in [-0.39, 0.29) is 24.2 Å². The van der Waals surface area contributed by atoms with Gasteiger partial charge in [-0.15, -0.1) is 0 Å². The number of halogens is 1. The van der Waals surface area contributed by atoms with Gasteiger partial charge in [-0.05, 0) is 45.0 Å². The van der Waals surface area contributed by atoms with Crippen LogP contribution in [0.2, 0.25) is 0 Å². The van der Waals surface area contributed by atoms with E-state index in [0.29, 0.717) is 18.7 Å². The number of hydrogen-bond acceptors (Lipinski definition) is 6. The summed E-state index contributed by atoms with van der Waals surface area (Å²) in [4.78, 5) is 16.2. The fraction of sp³-hybridized carbons (Fsp3) is 0.600. The standard InChI is InChI=1S/C20H28FN3O4/c1-3-24(20(26)17(25)13-27-2)11-10-23-8-6-14(7-9-23)19-16-5-4-15(21)12-18(16)28-22-19/h4-5,12,14,17,25H,3,6-11,13H2,1-2H3. The summed E-state index contributed by atoms with van der Waals surface area (Å²) < 4.78 is 23.5. The molecular weight excluding hydrogens is 365 g/mol. The Hall–Kier alpha value is -2.03. The van der Waals surface area contributed by atoms with Crippen molar-refractivity contribution in [1.82, 2.24) is 15.0 Å². The molecule has 7 nitrogen and oxygen atoms in total. The largest absolute Gasteiger partial charge is 0.381 e. The summed E-state index contributed by atoms with van der Waals surface area (Å²) in [6.07, 6.45) is 0.762. The molecule has 1 unspecified atom stereocenters. The molecule has 1 aromatic carbocycles. The molecule has 1 amide bonds. The third kappa shape index (κ3) is 4.68. The van der Waals surface area contributed by atoms with Gasteiger partial charge in [0, 0.05) is 44.1 Å². The van der Waals surface area contributed by atoms with Gasteiger partial charge < -0.3 is 24.2 Å². The minimum atomic E-state index is -1.11. The van der Waals surface area contributed by atoms with E-state index in [1.54, 1.807) is 11.0 Å².